The quantitative estimate of drug-likeness (QED) is 0.583. The number of aromatic nitrogens is 2. The van der Waals surface area contributed by atoms with Crippen molar-refractivity contribution in [3.8, 4) is 22.8 Å². The number of benzene rings is 1. The third kappa shape index (κ3) is 5.45. The molecule has 2 aromatic heterocycles. The van der Waals surface area contributed by atoms with Gasteiger partial charge in [0.25, 0.3) is 5.56 Å². The molecule has 29 heavy (non-hydrogen) atoms. The minimum Gasteiger partial charge on any atom is -0.493 e. The van der Waals surface area contributed by atoms with Crippen LogP contribution in [0.3, 0.4) is 0 Å². The van der Waals surface area contributed by atoms with Crippen molar-refractivity contribution >= 4 is 17.2 Å². The van der Waals surface area contributed by atoms with Gasteiger partial charge in [0.15, 0.2) is 11.5 Å². The number of nitrogens with one attached hydrogen (secondary N) is 1. The molecule has 0 aliphatic carbocycles. The second kappa shape index (κ2) is 9.88. The maximum atomic E-state index is 12.1. The molecule has 2 heterocycles. The molecule has 0 atom stereocenters. The summed E-state index contributed by atoms with van der Waals surface area (Å²) in [7, 11) is 3.14. The second-order valence-corrected chi connectivity index (χ2v) is 7.34. The molecule has 152 valence electrons. The van der Waals surface area contributed by atoms with Gasteiger partial charge in [0, 0.05) is 29.5 Å². The fraction of sp³-hybridized carbons (Fsp3) is 0.286. The summed E-state index contributed by atoms with van der Waals surface area (Å²) in [6.07, 6.45) is 0.860. The number of carbonyl (C=O) groups excluding carboxylic acids is 1. The van der Waals surface area contributed by atoms with Crippen LogP contribution in [0, 0.1) is 0 Å². The van der Waals surface area contributed by atoms with E-state index in [4.69, 9.17) is 9.47 Å². The lowest BCUT2D eigenvalue weighted by Gasteiger charge is -2.11. The molecule has 8 heteroatoms. The molecule has 1 N–H and O–H groups in total. The lowest BCUT2D eigenvalue weighted by atomic mass is 10.1. The Hall–Kier alpha value is -3.13. The number of methoxy groups -OCH3 is 2. The largest absolute Gasteiger partial charge is 0.493 e. The van der Waals surface area contributed by atoms with Crippen molar-refractivity contribution in [2.75, 3.05) is 14.2 Å². The standard InChI is InChI=1S/C21H23N3O4S/c1-27-18-9-7-15(13-19(18)28-2)17-8-10-21(26)24(23-17)11-3-6-20(25)22-14-16-5-4-12-29-16/h4-5,7-10,12-13H,3,6,11,14H2,1-2H3,(H,22,25). The van der Waals surface area contributed by atoms with E-state index >= 15 is 0 Å². The first-order chi connectivity index (χ1) is 14.1. The zero-order valence-electron chi connectivity index (χ0n) is 16.4. The second-order valence-electron chi connectivity index (χ2n) is 6.31. The van der Waals surface area contributed by atoms with Gasteiger partial charge in [-0.05, 0) is 42.1 Å². The Bertz CT molecular complexity index is 1020. The van der Waals surface area contributed by atoms with Gasteiger partial charge in [0.05, 0.1) is 26.5 Å². The minimum atomic E-state index is -0.201. The van der Waals surface area contributed by atoms with Crippen LogP contribution in [0.4, 0.5) is 0 Å². The van der Waals surface area contributed by atoms with Crippen molar-refractivity contribution in [1.29, 1.82) is 0 Å². The van der Waals surface area contributed by atoms with Crippen molar-refractivity contribution in [1.82, 2.24) is 15.1 Å². The maximum absolute atomic E-state index is 12.1. The molecule has 3 aromatic rings. The van der Waals surface area contributed by atoms with E-state index in [9.17, 15) is 9.59 Å². The van der Waals surface area contributed by atoms with Crippen molar-refractivity contribution in [2.45, 2.75) is 25.9 Å². The van der Waals surface area contributed by atoms with Crippen LogP contribution in [0.25, 0.3) is 11.3 Å². The zero-order valence-corrected chi connectivity index (χ0v) is 17.2. The Balaban J connectivity index is 1.62. The molecular formula is C21H23N3O4S. The molecule has 0 unspecified atom stereocenters. The van der Waals surface area contributed by atoms with E-state index in [0.717, 1.165) is 10.4 Å². The molecule has 1 aromatic carbocycles. The fourth-order valence-electron chi connectivity index (χ4n) is 2.84. The zero-order chi connectivity index (χ0) is 20.6. The summed E-state index contributed by atoms with van der Waals surface area (Å²) in [4.78, 5) is 25.2. The average molecular weight is 413 g/mol. The van der Waals surface area contributed by atoms with Crippen LogP contribution in [0.5, 0.6) is 11.5 Å². The topological polar surface area (TPSA) is 82.5 Å². The highest BCUT2D eigenvalue weighted by Gasteiger charge is 2.09. The maximum Gasteiger partial charge on any atom is 0.266 e. The van der Waals surface area contributed by atoms with Crippen LogP contribution >= 0.6 is 11.3 Å². The van der Waals surface area contributed by atoms with Crippen LogP contribution in [-0.2, 0) is 17.9 Å². The summed E-state index contributed by atoms with van der Waals surface area (Å²) >= 11 is 1.60. The molecule has 0 radical (unpaired) electrons. The van der Waals surface area contributed by atoms with Gasteiger partial charge in [-0.3, -0.25) is 9.59 Å². The van der Waals surface area contributed by atoms with Crippen LogP contribution in [-0.4, -0.2) is 29.9 Å². The highest BCUT2D eigenvalue weighted by Crippen LogP contribution is 2.31. The Morgan fingerprint density at radius 3 is 2.69 bits per heavy atom. The number of amides is 1. The highest BCUT2D eigenvalue weighted by molar-refractivity contribution is 7.09. The molecule has 7 nitrogen and oxygen atoms in total. The van der Waals surface area contributed by atoms with E-state index in [2.05, 4.69) is 10.4 Å². The lowest BCUT2D eigenvalue weighted by Crippen LogP contribution is -2.25. The van der Waals surface area contributed by atoms with Gasteiger partial charge < -0.3 is 14.8 Å². The summed E-state index contributed by atoms with van der Waals surface area (Å²) in [5, 5.41) is 9.30. The Kier molecular flexibility index (Phi) is 7.02. The predicted molar refractivity (Wildman–Crippen MR) is 112 cm³/mol. The highest BCUT2D eigenvalue weighted by atomic mass is 32.1. The van der Waals surface area contributed by atoms with Crippen molar-refractivity contribution in [3.63, 3.8) is 0 Å². The van der Waals surface area contributed by atoms with Crippen LogP contribution in [0.15, 0.2) is 52.6 Å². The van der Waals surface area contributed by atoms with Gasteiger partial charge in [0.2, 0.25) is 5.91 Å². The van der Waals surface area contributed by atoms with E-state index in [0.29, 0.717) is 43.1 Å². The Morgan fingerprint density at radius 1 is 1.14 bits per heavy atom. The molecule has 0 fully saturated rings. The average Bonchev–Trinajstić information content (AvgIpc) is 3.27. The van der Waals surface area contributed by atoms with Crippen LogP contribution < -0.4 is 20.3 Å². The third-order valence-electron chi connectivity index (χ3n) is 4.36. The number of thiophene rings is 1. The molecule has 0 spiro atoms. The lowest BCUT2D eigenvalue weighted by molar-refractivity contribution is -0.121. The summed E-state index contributed by atoms with van der Waals surface area (Å²) in [5.41, 5.74) is 1.26. The van der Waals surface area contributed by atoms with E-state index in [-0.39, 0.29) is 11.5 Å². The molecule has 0 aliphatic heterocycles. The molecular weight excluding hydrogens is 390 g/mol. The molecule has 0 aliphatic rings. The van der Waals surface area contributed by atoms with Gasteiger partial charge in [-0.1, -0.05) is 6.07 Å². The predicted octanol–water partition coefficient (Wildman–Crippen LogP) is 3.09. The normalized spacial score (nSPS) is 10.6. The fourth-order valence-corrected chi connectivity index (χ4v) is 3.48. The monoisotopic (exact) mass is 413 g/mol. The number of aryl methyl sites for hydroxylation is 1. The van der Waals surface area contributed by atoms with Gasteiger partial charge in [0.1, 0.15) is 0 Å². The number of nitrogens with zero attached hydrogens (tertiary/aromatic N) is 2. The first-order valence-corrected chi connectivity index (χ1v) is 10.1. The third-order valence-corrected chi connectivity index (χ3v) is 5.24. The molecule has 0 saturated carbocycles. The van der Waals surface area contributed by atoms with Gasteiger partial charge in [-0.15, -0.1) is 11.3 Å². The minimum absolute atomic E-state index is 0.0394. The SMILES string of the molecule is COc1ccc(-c2ccc(=O)n(CCCC(=O)NCc3cccs3)n2)cc1OC. The van der Waals surface area contributed by atoms with Gasteiger partial charge in [-0.25, -0.2) is 4.68 Å². The van der Waals surface area contributed by atoms with Crippen LogP contribution in [0.1, 0.15) is 17.7 Å². The van der Waals surface area contributed by atoms with E-state index < -0.39 is 0 Å². The first kappa shape index (κ1) is 20.6. The molecule has 0 saturated heterocycles. The number of hydrogen-bond acceptors (Lipinski definition) is 6. The van der Waals surface area contributed by atoms with Crippen molar-refractivity contribution in [2.24, 2.45) is 0 Å². The van der Waals surface area contributed by atoms with Crippen LogP contribution in [0.2, 0.25) is 0 Å². The van der Waals surface area contributed by atoms with Gasteiger partial charge in [-0.2, -0.15) is 5.10 Å². The summed E-state index contributed by atoms with van der Waals surface area (Å²) in [5.74, 6) is 1.17. The molecule has 3 rings (SSSR count). The number of carbonyl (C=O) groups is 1. The van der Waals surface area contributed by atoms with E-state index in [1.165, 1.54) is 10.7 Å². The van der Waals surface area contributed by atoms with Crippen molar-refractivity contribution in [3.05, 3.63) is 63.1 Å². The Labute approximate surface area is 172 Å². The number of hydrogen-bond donors (Lipinski definition) is 1. The van der Waals surface area contributed by atoms with Crippen molar-refractivity contribution < 1.29 is 14.3 Å². The molecule has 1 amide bonds. The summed E-state index contributed by atoms with van der Waals surface area (Å²) in [6, 6.07) is 12.6. The Morgan fingerprint density at radius 2 is 1.97 bits per heavy atom. The van der Waals surface area contributed by atoms with Gasteiger partial charge >= 0.3 is 0 Å². The first-order valence-electron chi connectivity index (χ1n) is 9.20. The number of ether oxygens (including phenoxy) is 2. The smallest absolute Gasteiger partial charge is 0.266 e. The van der Waals surface area contributed by atoms with E-state index in [1.54, 1.807) is 37.7 Å². The van der Waals surface area contributed by atoms with E-state index in [1.807, 2.05) is 29.6 Å². The number of rotatable bonds is 9. The molecule has 0 bridgehead atoms. The summed E-state index contributed by atoms with van der Waals surface area (Å²) in [6.45, 7) is 0.899. The summed E-state index contributed by atoms with van der Waals surface area (Å²) < 4.78 is 12.0.